The summed E-state index contributed by atoms with van der Waals surface area (Å²) >= 11 is 0. The molecule has 0 radical (unpaired) electrons. The summed E-state index contributed by atoms with van der Waals surface area (Å²) in [5, 5.41) is 2.58. The smallest absolute Gasteiger partial charge is 0.408 e. The predicted octanol–water partition coefficient (Wildman–Crippen LogP) is 2.13. The number of hydrazine groups is 1. The van der Waals surface area contributed by atoms with Gasteiger partial charge in [-0.1, -0.05) is 37.3 Å². The summed E-state index contributed by atoms with van der Waals surface area (Å²) in [6, 6.07) is 8.72. The lowest BCUT2D eigenvalue weighted by Crippen LogP contribution is -2.56. The van der Waals surface area contributed by atoms with E-state index in [0.717, 1.165) is 5.56 Å². The average Bonchev–Trinajstić information content (AvgIpc) is 2.54. The number of ether oxygens (including phenoxy) is 2. The van der Waals surface area contributed by atoms with E-state index in [9.17, 15) is 9.59 Å². The highest BCUT2D eigenvalue weighted by atomic mass is 16.6. The Labute approximate surface area is 149 Å². The van der Waals surface area contributed by atoms with Crippen LogP contribution >= 0.6 is 0 Å². The first-order chi connectivity index (χ1) is 11.7. The number of nitrogens with one attached hydrogen (secondary N) is 3. The highest BCUT2D eigenvalue weighted by molar-refractivity contribution is 5.85. The van der Waals surface area contributed by atoms with E-state index in [1.807, 2.05) is 37.3 Å². The van der Waals surface area contributed by atoms with Crippen molar-refractivity contribution < 1.29 is 19.1 Å². The molecule has 7 nitrogen and oxygen atoms in total. The summed E-state index contributed by atoms with van der Waals surface area (Å²) in [4.78, 5) is 24.4. The fourth-order valence-corrected chi connectivity index (χ4v) is 1.98. The van der Waals surface area contributed by atoms with Gasteiger partial charge in [0.1, 0.15) is 11.6 Å². The quantitative estimate of drug-likeness (QED) is 0.625. The van der Waals surface area contributed by atoms with Gasteiger partial charge in [0.2, 0.25) is 0 Å². The Morgan fingerprint density at radius 2 is 1.80 bits per heavy atom. The fraction of sp³-hybridized carbons (Fsp3) is 0.556. The van der Waals surface area contributed by atoms with Crippen molar-refractivity contribution in [3.8, 4) is 0 Å². The van der Waals surface area contributed by atoms with Crippen LogP contribution in [0.2, 0.25) is 0 Å². The number of rotatable bonds is 8. The van der Waals surface area contributed by atoms with Crippen molar-refractivity contribution in [3.05, 3.63) is 35.9 Å². The van der Waals surface area contributed by atoms with E-state index < -0.39 is 29.7 Å². The first kappa shape index (κ1) is 20.9. The molecular weight excluding hydrogens is 322 g/mol. The molecule has 0 aliphatic heterocycles. The molecule has 1 aromatic rings. The Kier molecular flexibility index (Phi) is 8.37. The Morgan fingerprint density at radius 3 is 2.36 bits per heavy atom. The minimum absolute atomic E-state index is 0.336. The minimum atomic E-state index is -0.891. The summed E-state index contributed by atoms with van der Waals surface area (Å²) in [5.74, 6) is -0.395. The van der Waals surface area contributed by atoms with Crippen LogP contribution in [-0.4, -0.2) is 36.3 Å². The van der Waals surface area contributed by atoms with Crippen LogP contribution in [0.1, 0.15) is 40.2 Å². The molecule has 0 aliphatic carbocycles. The van der Waals surface area contributed by atoms with Crippen LogP contribution in [0.5, 0.6) is 0 Å². The maximum atomic E-state index is 12.3. The van der Waals surface area contributed by atoms with Gasteiger partial charge in [0.15, 0.2) is 0 Å². The third kappa shape index (κ3) is 8.51. The lowest BCUT2D eigenvalue weighted by atomic mass is 10.1. The lowest BCUT2D eigenvalue weighted by Gasteiger charge is -2.27. The summed E-state index contributed by atoms with van der Waals surface area (Å²) in [5.41, 5.74) is 5.60. The molecule has 0 aliphatic rings. The maximum Gasteiger partial charge on any atom is 0.408 e. The number of hydrogen-bond acceptors (Lipinski definition) is 5. The predicted molar refractivity (Wildman–Crippen MR) is 95.7 cm³/mol. The third-order valence-electron chi connectivity index (χ3n) is 3.17. The molecule has 7 heteroatoms. The van der Waals surface area contributed by atoms with Crippen LogP contribution in [0.15, 0.2) is 30.3 Å². The van der Waals surface area contributed by atoms with Crippen molar-refractivity contribution in [2.24, 2.45) is 0 Å². The SMILES string of the molecule is CCNNC(=O)C(NC(=O)OC(C)(C)C)C(C)OCc1ccccc1. The minimum Gasteiger partial charge on any atom is -0.444 e. The summed E-state index contributed by atoms with van der Waals surface area (Å²) in [6.45, 7) is 9.76. The van der Waals surface area contributed by atoms with Crippen LogP contribution in [0.3, 0.4) is 0 Å². The fourth-order valence-electron chi connectivity index (χ4n) is 1.98. The number of hydrogen-bond donors (Lipinski definition) is 3. The Bertz CT molecular complexity index is 543. The largest absolute Gasteiger partial charge is 0.444 e. The van der Waals surface area contributed by atoms with Crippen molar-refractivity contribution in [1.82, 2.24) is 16.2 Å². The van der Waals surface area contributed by atoms with Gasteiger partial charge in [0, 0.05) is 6.54 Å². The zero-order valence-corrected chi connectivity index (χ0v) is 15.6. The molecule has 0 fully saturated rings. The number of amides is 2. The van der Waals surface area contributed by atoms with E-state index >= 15 is 0 Å². The zero-order chi connectivity index (χ0) is 18.9. The standard InChI is InChI=1S/C18H29N3O4/c1-6-19-21-16(22)15(20-17(23)25-18(3,4)5)13(2)24-12-14-10-8-7-9-11-14/h7-11,13,15,19H,6,12H2,1-5H3,(H,20,23)(H,21,22). The average molecular weight is 351 g/mol. The van der Waals surface area contributed by atoms with Crippen LogP contribution in [-0.2, 0) is 20.9 Å². The molecule has 2 amide bonds. The maximum absolute atomic E-state index is 12.3. The van der Waals surface area contributed by atoms with Gasteiger partial charge in [0.25, 0.3) is 5.91 Å². The molecule has 140 valence electrons. The number of carbonyl (C=O) groups excluding carboxylic acids is 2. The van der Waals surface area contributed by atoms with Gasteiger partial charge in [0.05, 0.1) is 12.7 Å². The second kappa shape index (κ2) is 10.0. The van der Waals surface area contributed by atoms with Crippen molar-refractivity contribution >= 4 is 12.0 Å². The van der Waals surface area contributed by atoms with Crippen LogP contribution in [0.25, 0.3) is 0 Å². The molecule has 0 bridgehead atoms. The van der Waals surface area contributed by atoms with Gasteiger partial charge in [-0.2, -0.15) is 0 Å². The van der Waals surface area contributed by atoms with Crippen molar-refractivity contribution in [2.45, 2.75) is 59.0 Å². The van der Waals surface area contributed by atoms with E-state index in [0.29, 0.717) is 13.2 Å². The second-order valence-corrected chi connectivity index (χ2v) is 6.65. The normalized spacial score (nSPS) is 13.6. The van der Waals surface area contributed by atoms with Crippen molar-refractivity contribution in [1.29, 1.82) is 0 Å². The van der Waals surface area contributed by atoms with E-state index in [1.165, 1.54) is 0 Å². The Balaban J connectivity index is 2.71. The van der Waals surface area contributed by atoms with E-state index in [-0.39, 0.29) is 0 Å². The molecule has 0 saturated carbocycles. The molecule has 2 atom stereocenters. The molecule has 0 heterocycles. The van der Waals surface area contributed by atoms with Crippen molar-refractivity contribution in [3.63, 3.8) is 0 Å². The number of benzene rings is 1. The van der Waals surface area contributed by atoms with Crippen LogP contribution in [0, 0.1) is 0 Å². The third-order valence-corrected chi connectivity index (χ3v) is 3.17. The van der Waals surface area contributed by atoms with Gasteiger partial charge in [-0.05, 0) is 33.3 Å². The molecule has 0 spiro atoms. The molecular formula is C18H29N3O4. The topological polar surface area (TPSA) is 88.7 Å². The summed E-state index contributed by atoms with van der Waals surface area (Å²) in [7, 11) is 0. The highest BCUT2D eigenvalue weighted by Crippen LogP contribution is 2.10. The molecule has 0 saturated heterocycles. The van der Waals surface area contributed by atoms with Crippen molar-refractivity contribution in [2.75, 3.05) is 6.54 Å². The monoisotopic (exact) mass is 351 g/mol. The molecule has 3 N–H and O–H groups in total. The first-order valence-corrected chi connectivity index (χ1v) is 8.40. The zero-order valence-electron chi connectivity index (χ0n) is 15.6. The van der Waals surface area contributed by atoms with Gasteiger partial charge in [-0.25, -0.2) is 10.2 Å². The van der Waals surface area contributed by atoms with E-state index in [2.05, 4.69) is 16.2 Å². The lowest BCUT2D eigenvalue weighted by molar-refractivity contribution is -0.128. The summed E-state index contributed by atoms with van der Waals surface area (Å²) in [6.07, 6.45) is -1.22. The second-order valence-electron chi connectivity index (χ2n) is 6.65. The van der Waals surface area contributed by atoms with Crippen LogP contribution in [0.4, 0.5) is 4.79 Å². The molecule has 25 heavy (non-hydrogen) atoms. The Morgan fingerprint density at radius 1 is 1.16 bits per heavy atom. The number of carbonyl (C=O) groups is 2. The van der Waals surface area contributed by atoms with E-state index in [1.54, 1.807) is 27.7 Å². The van der Waals surface area contributed by atoms with Gasteiger partial charge in [-0.15, -0.1) is 0 Å². The Hall–Kier alpha value is -2.12. The molecule has 0 aromatic heterocycles. The first-order valence-electron chi connectivity index (χ1n) is 8.40. The van der Waals surface area contributed by atoms with E-state index in [4.69, 9.17) is 9.47 Å². The summed E-state index contributed by atoms with van der Waals surface area (Å²) < 4.78 is 11.0. The highest BCUT2D eigenvalue weighted by Gasteiger charge is 2.29. The molecule has 2 unspecified atom stereocenters. The molecule has 1 rings (SSSR count). The van der Waals surface area contributed by atoms with Gasteiger partial charge < -0.3 is 14.8 Å². The van der Waals surface area contributed by atoms with Gasteiger partial charge in [-0.3, -0.25) is 10.2 Å². The van der Waals surface area contributed by atoms with Crippen LogP contribution < -0.4 is 16.2 Å². The number of alkyl carbamates (subject to hydrolysis) is 1. The van der Waals surface area contributed by atoms with Gasteiger partial charge >= 0.3 is 6.09 Å². The molecule has 1 aromatic carbocycles.